The Morgan fingerprint density at radius 2 is 1.73 bits per heavy atom. The summed E-state index contributed by atoms with van der Waals surface area (Å²) >= 11 is 0. The molecule has 8 heteroatoms. The van der Waals surface area contributed by atoms with Gasteiger partial charge in [0.2, 0.25) is 0 Å². The molecule has 1 heterocycles. The fourth-order valence-corrected chi connectivity index (χ4v) is 2.94. The second-order valence-corrected chi connectivity index (χ2v) is 6.45. The van der Waals surface area contributed by atoms with Gasteiger partial charge in [-0.1, -0.05) is 12.1 Å². The first kappa shape index (κ1) is 21.0. The highest BCUT2D eigenvalue weighted by atomic mass is 16.5. The number of hydrogen-bond acceptors (Lipinski definition) is 6. The second kappa shape index (κ2) is 9.69. The van der Waals surface area contributed by atoms with Crippen molar-refractivity contribution in [2.75, 3.05) is 26.6 Å². The van der Waals surface area contributed by atoms with Crippen LogP contribution in [0.5, 0.6) is 23.0 Å². The highest BCUT2D eigenvalue weighted by Gasteiger charge is 2.18. The third kappa shape index (κ3) is 4.83. The zero-order valence-electron chi connectivity index (χ0n) is 17.4. The van der Waals surface area contributed by atoms with Crippen LogP contribution in [0.2, 0.25) is 0 Å². The average Bonchev–Trinajstić information content (AvgIpc) is 3.20. The van der Waals surface area contributed by atoms with Gasteiger partial charge in [-0.3, -0.25) is 4.79 Å². The quantitative estimate of drug-likeness (QED) is 0.581. The van der Waals surface area contributed by atoms with Crippen LogP contribution in [0.3, 0.4) is 0 Å². The van der Waals surface area contributed by atoms with E-state index in [0.29, 0.717) is 29.6 Å². The monoisotopic (exact) mass is 411 g/mol. The van der Waals surface area contributed by atoms with Crippen molar-refractivity contribution in [3.63, 3.8) is 0 Å². The van der Waals surface area contributed by atoms with Crippen LogP contribution in [0.25, 0.3) is 0 Å². The first-order chi connectivity index (χ1) is 14.5. The van der Waals surface area contributed by atoms with E-state index in [9.17, 15) is 4.79 Å². The number of hydrogen-bond donors (Lipinski definition) is 1. The van der Waals surface area contributed by atoms with E-state index in [4.69, 9.17) is 18.9 Å². The molecule has 1 atom stereocenters. The third-order valence-electron chi connectivity index (χ3n) is 4.51. The minimum absolute atomic E-state index is 0.287. The van der Waals surface area contributed by atoms with Crippen LogP contribution < -0.4 is 24.3 Å². The summed E-state index contributed by atoms with van der Waals surface area (Å²) < 4.78 is 23.3. The second-order valence-electron chi connectivity index (χ2n) is 6.45. The van der Waals surface area contributed by atoms with E-state index in [1.165, 1.54) is 0 Å². The van der Waals surface area contributed by atoms with Gasteiger partial charge in [-0.05, 0) is 37.3 Å². The molecule has 158 valence electrons. The fourth-order valence-electron chi connectivity index (χ4n) is 2.94. The van der Waals surface area contributed by atoms with Crippen molar-refractivity contribution in [2.24, 2.45) is 0 Å². The number of nitrogens with one attached hydrogen (secondary N) is 1. The molecule has 30 heavy (non-hydrogen) atoms. The van der Waals surface area contributed by atoms with Gasteiger partial charge in [-0.2, -0.15) is 5.10 Å². The predicted octanol–water partition coefficient (Wildman–Crippen LogP) is 3.36. The molecular formula is C22H25N3O5. The van der Waals surface area contributed by atoms with Crippen molar-refractivity contribution >= 4 is 11.7 Å². The van der Waals surface area contributed by atoms with Gasteiger partial charge < -0.3 is 24.3 Å². The van der Waals surface area contributed by atoms with Gasteiger partial charge in [0, 0.05) is 11.6 Å². The summed E-state index contributed by atoms with van der Waals surface area (Å²) in [6, 6.07) is 14.4. The minimum atomic E-state index is -0.701. The Balaban J connectivity index is 1.68. The van der Waals surface area contributed by atoms with E-state index in [1.54, 1.807) is 69.5 Å². The topological polar surface area (TPSA) is 83.8 Å². The lowest BCUT2D eigenvalue weighted by molar-refractivity contribution is -0.122. The maximum atomic E-state index is 12.6. The van der Waals surface area contributed by atoms with E-state index in [2.05, 4.69) is 10.4 Å². The molecule has 1 amide bonds. The molecule has 0 radical (unpaired) electrons. The normalized spacial score (nSPS) is 11.5. The lowest BCUT2D eigenvalue weighted by atomic mass is 10.2. The van der Waals surface area contributed by atoms with Gasteiger partial charge in [0.1, 0.15) is 17.3 Å². The van der Waals surface area contributed by atoms with Crippen LogP contribution >= 0.6 is 0 Å². The SMILES string of the molecule is COc1ccc(OC(C)C(=O)Nc2ccnn2Cc2cccc(OC)c2OC)cc1. The zero-order chi connectivity index (χ0) is 21.5. The smallest absolute Gasteiger partial charge is 0.266 e. The molecule has 2 aromatic carbocycles. The Bertz CT molecular complexity index is 985. The number of rotatable bonds is 9. The van der Waals surface area contributed by atoms with Crippen LogP contribution in [0.4, 0.5) is 5.82 Å². The molecule has 0 saturated heterocycles. The Kier molecular flexibility index (Phi) is 6.79. The fraction of sp³-hybridized carbons (Fsp3) is 0.273. The molecule has 0 bridgehead atoms. The first-order valence-corrected chi connectivity index (χ1v) is 9.39. The number of methoxy groups -OCH3 is 3. The number of carbonyl (C=O) groups excluding carboxylic acids is 1. The standard InChI is InChI=1S/C22H25N3O5/c1-15(30-18-10-8-17(27-2)9-11-18)22(26)24-20-12-13-23-25(20)14-16-6-5-7-19(28-3)21(16)29-4/h5-13,15H,14H2,1-4H3,(H,24,26). The van der Waals surface area contributed by atoms with Gasteiger partial charge in [-0.15, -0.1) is 0 Å². The number of nitrogens with zero attached hydrogens (tertiary/aromatic N) is 2. The molecule has 8 nitrogen and oxygen atoms in total. The predicted molar refractivity (Wildman–Crippen MR) is 113 cm³/mol. The van der Waals surface area contributed by atoms with Crippen molar-refractivity contribution in [1.82, 2.24) is 9.78 Å². The molecule has 0 aliphatic heterocycles. The molecular weight excluding hydrogens is 386 g/mol. The number of amides is 1. The number of ether oxygens (including phenoxy) is 4. The summed E-state index contributed by atoms with van der Waals surface area (Å²) in [4.78, 5) is 12.6. The molecule has 3 aromatic rings. The Hall–Kier alpha value is -3.68. The lowest BCUT2D eigenvalue weighted by Crippen LogP contribution is -2.31. The summed E-state index contributed by atoms with van der Waals surface area (Å²) in [5, 5.41) is 7.17. The van der Waals surface area contributed by atoms with Crippen LogP contribution in [0, 0.1) is 0 Å². The van der Waals surface area contributed by atoms with Gasteiger partial charge in [-0.25, -0.2) is 4.68 Å². The number of carbonyl (C=O) groups is 1. The van der Waals surface area contributed by atoms with Gasteiger partial charge in [0.15, 0.2) is 17.6 Å². The maximum absolute atomic E-state index is 12.6. The first-order valence-electron chi connectivity index (χ1n) is 9.39. The lowest BCUT2D eigenvalue weighted by Gasteiger charge is -2.17. The molecule has 0 spiro atoms. The van der Waals surface area contributed by atoms with E-state index in [1.807, 2.05) is 18.2 Å². The van der Waals surface area contributed by atoms with Gasteiger partial charge in [0.25, 0.3) is 5.91 Å². The zero-order valence-corrected chi connectivity index (χ0v) is 17.4. The molecule has 0 aliphatic carbocycles. The highest BCUT2D eigenvalue weighted by molar-refractivity contribution is 5.93. The van der Waals surface area contributed by atoms with E-state index < -0.39 is 6.10 Å². The number of anilines is 1. The Morgan fingerprint density at radius 1 is 1.00 bits per heavy atom. The minimum Gasteiger partial charge on any atom is -0.497 e. The van der Waals surface area contributed by atoms with Crippen LogP contribution in [0.1, 0.15) is 12.5 Å². The number of aromatic nitrogens is 2. The Morgan fingerprint density at radius 3 is 2.40 bits per heavy atom. The summed E-state index contributed by atoms with van der Waals surface area (Å²) in [5.74, 6) is 2.82. The van der Waals surface area contributed by atoms with E-state index in [-0.39, 0.29) is 5.91 Å². The van der Waals surface area contributed by atoms with Crippen molar-refractivity contribution in [3.05, 3.63) is 60.3 Å². The summed E-state index contributed by atoms with van der Waals surface area (Å²) in [7, 11) is 4.77. The van der Waals surface area contributed by atoms with Crippen molar-refractivity contribution in [1.29, 1.82) is 0 Å². The van der Waals surface area contributed by atoms with Crippen molar-refractivity contribution in [3.8, 4) is 23.0 Å². The summed E-state index contributed by atoms with van der Waals surface area (Å²) in [5.41, 5.74) is 0.874. The van der Waals surface area contributed by atoms with Crippen LogP contribution in [-0.4, -0.2) is 43.1 Å². The highest BCUT2D eigenvalue weighted by Crippen LogP contribution is 2.31. The van der Waals surface area contributed by atoms with Crippen LogP contribution in [0.15, 0.2) is 54.7 Å². The van der Waals surface area contributed by atoms with Crippen molar-refractivity contribution in [2.45, 2.75) is 19.6 Å². The summed E-state index contributed by atoms with van der Waals surface area (Å²) in [6.45, 7) is 2.09. The molecule has 0 aliphatic rings. The molecule has 1 N–H and O–H groups in total. The third-order valence-corrected chi connectivity index (χ3v) is 4.51. The van der Waals surface area contributed by atoms with E-state index >= 15 is 0 Å². The summed E-state index contributed by atoms with van der Waals surface area (Å²) in [6.07, 6.45) is 0.921. The van der Waals surface area contributed by atoms with Gasteiger partial charge in [0.05, 0.1) is 34.1 Å². The van der Waals surface area contributed by atoms with Crippen LogP contribution in [-0.2, 0) is 11.3 Å². The molecule has 1 aromatic heterocycles. The van der Waals surface area contributed by atoms with Gasteiger partial charge >= 0.3 is 0 Å². The number of para-hydroxylation sites is 1. The maximum Gasteiger partial charge on any atom is 0.266 e. The molecule has 3 rings (SSSR count). The Labute approximate surface area is 175 Å². The average molecular weight is 411 g/mol. The molecule has 0 fully saturated rings. The largest absolute Gasteiger partial charge is 0.497 e. The number of benzene rings is 2. The molecule has 0 saturated carbocycles. The molecule has 1 unspecified atom stereocenters. The van der Waals surface area contributed by atoms with Crippen molar-refractivity contribution < 1.29 is 23.7 Å². The van der Waals surface area contributed by atoms with E-state index in [0.717, 1.165) is 11.3 Å².